The van der Waals surface area contributed by atoms with Crippen molar-refractivity contribution in [2.45, 2.75) is 51.0 Å². The molecule has 22 heavy (non-hydrogen) atoms. The van der Waals surface area contributed by atoms with Crippen molar-refractivity contribution in [2.24, 2.45) is 0 Å². The van der Waals surface area contributed by atoms with E-state index in [1.54, 1.807) is 7.11 Å². The van der Waals surface area contributed by atoms with Crippen molar-refractivity contribution in [3.8, 4) is 5.75 Å². The van der Waals surface area contributed by atoms with E-state index in [0.717, 1.165) is 18.7 Å². The highest BCUT2D eigenvalue weighted by Gasteiger charge is 2.12. The van der Waals surface area contributed by atoms with Gasteiger partial charge in [-0.3, -0.25) is 4.79 Å². The number of carbonyl (C=O) groups excluding carboxylic acids is 1. The highest BCUT2D eigenvalue weighted by molar-refractivity contribution is 5.76. The highest BCUT2D eigenvalue weighted by Crippen LogP contribution is 2.17. The molecule has 2 N–H and O–H groups in total. The standard InChI is InChI=1S/C18H28N2O2/c1-22-17-9-7-15(8-10-17)11-13-20-18(21)12-14-19-16-5-3-2-4-6-16/h7-10,16,19H,2-6,11-14H2,1H3,(H,20,21). The van der Waals surface area contributed by atoms with Gasteiger partial charge in [-0.15, -0.1) is 0 Å². The van der Waals surface area contributed by atoms with Crippen LogP contribution in [0.5, 0.6) is 5.75 Å². The fraction of sp³-hybridized carbons (Fsp3) is 0.611. The summed E-state index contributed by atoms with van der Waals surface area (Å²) in [7, 11) is 1.66. The minimum absolute atomic E-state index is 0.136. The van der Waals surface area contributed by atoms with Crippen LogP contribution in [0.25, 0.3) is 0 Å². The molecule has 1 fully saturated rings. The molecule has 0 aromatic heterocycles. The summed E-state index contributed by atoms with van der Waals surface area (Å²) < 4.78 is 5.13. The lowest BCUT2D eigenvalue weighted by Crippen LogP contribution is -2.35. The second kappa shape index (κ2) is 9.46. The molecule has 0 spiro atoms. The number of nitrogens with one attached hydrogen (secondary N) is 2. The predicted molar refractivity (Wildman–Crippen MR) is 89.2 cm³/mol. The molecule has 1 aliphatic carbocycles. The van der Waals surface area contributed by atoms with Gasteiger partial charge >= 0.3 is 0 Å². The monoisotopic (exact) mass is 304 g/mol. The maximum atomic E-state index is 11.8. The summed E-state index contributed by atoms with van der Waals surface area (Å²) in [6.45, 7) is 1.48. The average Bonchev–Trinajstić information content (AvgIpc) is 2.56. The number of methoxy groups -OCH3 is 1. The Bertz CT molecular complexity index is 439. The van der Waals surface area contributed by atoms with Crippen molar-refractivity contribution >= 4 is 5.91 Å². The largest absolute Gasteiger partial charge is 0.497 e. The summed E-state index contributed by atoms with van der Waals surface area (Å²) in [6, 6.07) is 8.60. The number of ether oxygens (including phenoxy) is 1. The number of benzene rings is 1. The van der Waals surface area contributed by atoms with Crippen LogP contribution < -0.4 is 15.4 Å². The highest BCUT2D eigenvalue weighted by atomic mass is 16.5. The zero-order valence-corrected chi connectivity index (χ0v) is 13.6. The molecule has 0 unspecified atom stereocenters. The van der Waals surface area contributed by atoms with Gasteiger partial charge in [-0.2, -0.15) is 0 Å². The topological polar surface area (TPSA) is 50.4 Å². The number of carbonyl (C=O) groups is 1. The van der Waals surface area contributed by atoms with Crippen LogP contribution in [0, 0.1) is 0 Å². The molecule has 1 aromatic rings. The molecule has 122 valence electrons. The van der Waals surface area contributed by atoms with Crippen molar-refractivity contribution in [2.75, 3.05) is 20.2 Å². The van der Waals surface area contributed by atoms with Gasteiger partial charge in [0.1, 0.15) is 5.75 Å². The fourth-order valence-electron chi connectivity index (χ4n) is 2.92. The lowest BCUT2D eigenvalue weighted by Gasteiger charge is -2.22. The maximum absolute atomic E-state index is 11.8. The number of hydrogen-bond donors (Lipinski definition) is 2. The third-order valence-corrected chi connectivity index (χ3v) is 4.29. The van der Waals surface area contributed by atoms with Crippen LogP contribution in [-0.2, 0) is 11.2 Å². The van der Waals surface area contributed by atoms with E-state index in [2.05, 4.69) is 10.6 Å². The minimum atomic E-state index is 0.136. The number of amides is 1. The lowest BCUT2D eigenvalue weighted by atomic mass is 9.95. The molecule has 4 nitrogen and oxygen atoms in total. The molecule has 0 radical (unpaired) electrons. The average molecular weight is 304 g/mol. The summed E-state index contributed by atoms with van der Waals surface area (Å²) in [5.74, 6) is 0.999. The first-order valence-electron chi connectivity index (χ1n) is 8.41. The molecule has 0 aliphatic heterocycles. The normalized spacial score (nSPS) is 15.5. The van der Waals surface area contributed by atoms with Crippen LogP contribution in [0.15, 0.2) is 24.3 Å². The second-order valence-corrected chi connectivity index (χ2v) is 5.99. The molecular formula is C18H28N2O2. The Balaban J connectivity index is 1.55. The van der Waals surface area contributed by atoms with Crippen molar-refractivity contribution in [1.29, 1.82) is 0 Å². The molecule has 1 saturated carbocycles. The van der Waals surface area contributed by atoms with Gasteiger partial charge in [0, 0.05) is 25.6 Å². The zero-order chi connectivity index (χ0) is 15.6. The van der Waals surface area contributed by atoms with E-state index in [1.807, 2.05) is 24.3 Å². The van der Waals surface area contributed by atoms with Crippen molar-refractivity contribution in [3.05, 3.63) is 29.8 Å². The van der Waals surface area contributed by atoms with Crippen molar-refractivity contribution < 1.29 is 9.53 Å². The van der Waals surface area contributed by atoms with Gasteiger partial charge in [0.2, 0.25) is 5.91 Å². The van der Waals surface area contributed by atoms with Gasteiger partial charge in [-0.1, -0.05) is 31.4 Å². The van der Waals surface area contributed by atoms with E-state index in [4.69, 9.17) is 4.74 Å². The first kappa shape index (κ1) is 16.8. The van der Waals surface area contributed by atoms with E-state index >= 15 is 0 Å². The molecule has 0 bridgehead atoms. The molecule has 0 heterocycles. The Morgan fingerprint density at radius 3 is 2.55 bits per heavy atom. The molecule has 1 aliphatic rings. The van der Waals surface area contributed by atoms with Gasteiger partial charge in [-0.05, 0) is 37.0 Å². The van der Waals surface area contributed by atoms with E-state index in [-0.39, 0.29) is 5.91 Å². The summed E-state index contributed by atoms with van der Waals surface area (Å²) in [5.41, 5.74) is 1.21. The Morgan fingerprint density at radius 2 is 1.86 bits per heavy atom. The molecule has 4 heteroatoms. The molecule has 1 amide bonds. The maximum Gasteiger partial charge on any atom is 0.221 e. The lowest BCUT2D eigenvalue weighted by molar-refractivity contribution is -0.120. The van der Waals surface area contributed by atoms with Crippen LogP contribution >= 0.6 is 0 Å². The Morgan fingerprint density at radius 1 is 1.14 bits per heavy atom. The molecule has 0 atom stereocenters. The third-order valence-electron chi connectivity index (χ3n) is 4.29. The molecule has 0 saturated heterocycles. The van der Waals surface area contributed by atoms with Crippen LogP contribution in [0.2, 0.25) is 0 Å². The van der Waals surface area contributed by atoms with Gasteiger partial charge < -0.3 is 15.4 Å². The summed E-state index contributed by atoms with van der Waals surface area (Å²) >= 11 is 0. The summed E-state index contributed by atoms with van der Waals surface area (Å²) in [6.07, 6.45) is 7.96. The smallest absolute Gasteiger partial charge is 0.221 e. The quantitative estimate of drug-likeness (QED) is 0.776. The fourth-order valence-corrected chi connectivity index (χ4v) is 2.92. The van der Waals surface area contributed by atoms with Gasteiger partial charge in [0.15, 0.2) is 0 Å². The van der Waals surface area contributed by atoms with Crippen molar-refractivity contribution in [1.82, 2.24) is 10.6 Å². The zero-order valence-electron chi connectivity index (χ0n) is 13.6. The molecule has 2 rings (SSSR count). The Labute approximate surface area is 133 Å². The first-order chi connectivity index (χ1) is 10.8. The predicted octanol–water partition coefficient (Wildman–Crippen LogP) is 2.67. The van der Waals surface area contributed by atoms with Crippen LogP contribution in [0.4, 0.5) is 0 Å². The summed E-state index contributed by atoms with van der Waals surface area (Å²) in [4.78, 5) is 11.8. The van der Waals surface area contributed by atoms with E-state index in [9.17, 15) is 4.79 Å². The Hall–Kier alpha value is -1.55. The number of hydrogen-bond acceptors (Lipinski definition) is 3. The van der Waals surface area contributed by atoms with Gasteiger partial charge in [0.25, 0.3) is 0 Å². The number of rotatable bonds is 8. The molecule has 1 aromatic carbocycles. The summed E-state index contributed by atoms with van der Waals surface area (Å²) in [5, 5.41) is 6.49. The van der Waals surface area contributed by atoms with E-state index < -0.39 is 0 Å². The van der Waals surface area contributed by atoms with Crippen LogP contribution in [0.3, 0.4) is 0 Å². The SMILES string of the molecule is COc1ccc(CCNC(=O)CCNC2CCCCC2)cc1. The Kier molecular flexibility index (Phi) is 7.23. The minimum Gasteiger partial charge on any atom is -0.497 e. The van der Waals surface area contributed by atoms with Crippen LogP contribution in [0.1, 0.15) is 44.1 Å². The second-order valence-electron chi connectivity index (χ2n) is 5.99. The van der Waals surface area contributed by atoms with Gasteiger partial charge in [0.05, 0.1) is 7.11 Å². The first-order valence-corrected chi connectivity index (χ1v) is 8.41. The van der Waals surface area contributed by atoms with E-state index in [1.165, 1.54) is 37.7 Å². The third kappa shape index (κ3) is 6.06. The van der Waals surface area contributed by atoms with Crippen LogP contribution in [-0.4, -0.2) is 32.1 Å². The van der Waals surface area contributed by atoms with E-state index in [0.29, 0.717) is 19.0 Å². The van der Waals surface area contributed by atoms with Crippen molar-refractivity contribution in [3.63, 3.8) is 0 Å². The molecular weight excluding hydrogens is 276 g/mol. The van der Waals surface area contributed by atoms with Gasteiger partial charge in [-0.25, -0.2) is 0 Å².